The molecule has 0 radical (unpaired) electrons. The summed E-state index contributed by atoms with van der Waals surface area (Å²) in [5.74, 6) is -17.1. The SMILES string of the molecule is CCCCC(Oc1ccc(C(C)(C)CC)cc1C(C)(C)CC)C(=O)NC1=CC(=O)C(NC(=O)C(F)(F)C(F)(F)C(F)(F)F)C=C1. The van der Waals surface area contributed by atoms with Gasteiger partial charge in [0, 0.05) is 17.3 Å². The minimum absolute atomic E-state index is 0.102. The molecule has 2 amide bonds. The van der Waals surface area contributed by atoms with Gasteiger partial charge in [0.2, 0.25) is 0 Å². The Morgan fingerprint density at radius 2 is 1.53 bits per heavy atom. The van der Waals surface area contributed by atoms with Crippen LogP contribution in [0, 0.1) is 0 Å². The van der Waals surface area contributed by atoms with Gasteiger partial charge in [-0.3, -0.25) is 14.4 Å². The molecule has 0 bridgehead atoms. The molecule has 2 unspecified atom stereocenters. The highest BCUT2D eigenvalue weighted by molar-refractivity contribution is 6.02. The number of benzene rings is 1. The van der Waals surface area contributed by atoms with Crippen molar-refractivity contribution in [1.29, 1.82) is 0 Å². The highest BCUT2D eigenvalue weighted by Gasteiger charge is 2.76. The maximum absolute atomic E-state index is 13.7. The third-order valence-corrected chi connectivity index (χ3v) is 8.30. The van der Waals surface area contributed by atoms with Gasteiger partial charge in [-0.25, -0.2) is 0 Å². The van der Waals surface area contributed by atoms with E-state index in [2.05, 4.69) is 46.0 Å². The molecule has 0 aliphatic heterocycles. The summed E-state index contributed by atoms with van der Waals surface area (Å²) < 4.78 is 97.4. The first kappa shape index (κ1) is 37.8. The van der Waals surface area contributed by atoms with Crippen molar-refractivity contribution in [2.24, 2.45) is 0 Å². The van der Waals surface area contributed by atoms with Crippen molar-refractivity contribution in [2.45, 2.75) is 122 Å². The average Bonchev–Trinajstić information content (AvgIpc) is 2.95. The van der Waals surface area contributed by atoms with E-state index in [1.54, 1.807) is 0 Å². The minimum atomic E-state index is -6.71. The van der Waals surface area contributed by atoms with E-state index in [1.165, 1.54) is 5.32 Å². The fraction of sp³-hybridized carbons (Fsp3) is 0.594. The first-order valence-electron chi connectivity index (χ1n) is 14.7. The Labute approximate surface area is 258 Å². The van der Waals surface area contributed by atoms with E-state index < -0.39 is 47.8 Å². The Balaban J connectivity index is 2.27. The summed E-state index contributed by atoms with van der Waals surface area (Å²) in [4.78, 5) is 37.5. The Kier molecular flexibility index (Phi) is 11.7. The van der Waals surface area contributed by atoms with Crippen LogP contribution in [0.25, 0.3) is 0 Å². The van der Waals surface area contributed by atoms with Gasteiger partial charge in [-0.1, -0.05) is 73.1 Å². The molecular weight excluding hydrogens is 609 g/mol. The van der Waals surface area contributed by atoms with Gasteiger partial charge in [0.1, 0.15) is 11.8 Å². The van der Waals surface area contributed by atoms with Gasteiger partial charge in [-0.15, -0.1) is 0 Å². The van der Waals surface area contributed by atoms with Crippen molar-refractivity contribution in [3.63, 3.8) is 0 Å². The van der Waals surface area contributed by atoms with Crippen molar-refractivity contribution >= 4 is 17.6 Å². The maximum atomic E-state index is 13.7. The van der Waals surface area contributed by atoms with Crippen molar-refractivity contribution in [1.82, 2.24) is 10.6 Å². The Bertz CT molecular complexity index is 1320. The van der Waals surface area contributed by atoms with Crippen molar-refractivity contribution in [3.05, 3.63) is 53.3 Å². The van der Waals surface area contributed by atoms with Crippen LogP contribution in [0.1, 0.15) is 91.7 Å². The summed E-state index contributed by atoms with van der Waals surface area (Å²) in [5.41, 5.74) is 1.50. The molecule has 6 nitrogen and oxygen atoms in total. The van der Waals surface area contributed by atoms with E-state index in [-0.39, 0.29) is 16.5 Å². The van der Waals surface area contributed by atoms with Crippen molar-refractivity contribution < 1.29 is 49.9 Å². The molecule has 2 N–H and O–H groups in total. The quantitative estimate of drug-likeness (QED) is 0.205. The predicted octanol–water partition coefficient (Wildman–Crippen LogP) is 7.46. The highest BCUT2D eigenvalue weighted by atomic mass is 19.4. The van der Waals surface area contributed by atoms with Gasteiger partial charge in [0.15, 0.2) is 11.9 Å². The number of carbonyl (C=O) groups excluding carboxylic acids is 3. The van der Waals surface area contributed by atoms with Crippen molar-refractivity contribution in [2.75, 3.05) is 0 Å². The maximum Gasteiger partial charge on any atom is 0.460 e. The number of ketones is 1. The molecule has 0 spiro atoms. The van der Waals surface area contributed by atoms with Crippen LogP contribution in [0.15, 0.2) is 42.1 Å². The summed E-state index contributed by atoms with van der Waals surface area (Å²) in [7, 11) is 0. The highest BCUT2D eigenvalue weighted by Crippen LogP contribution is 2.46. The van der Waals surface area contributed by atoms with Crippen LogP contribution in [0.4, 0.5) is 30.7 Å². The number of hydrogen-bond acceptors (Lipinski definition) is 4. The lowest BCUT2D eigenvalue weighted by atomic mass is 9.76. The third kappa shape index (κ3) is 8.46. The second-order valence-electron chi connectivity index (χ2n) is 12.4. The van der Waals surface area contributed by atoms with Crippen LogP contribution >= 0.6 is 0 Å². The fourth-order valence-corrected chi connectivity index (χ4v) is 4.32. The van der Waals surface area contributed by atoms with E-state index >= 15 is 0 Å². The normalized spacial score (nSPS) is 17.1. The summed E-state index contributed by atoms with van der Waals surface area (Å²) >= 11 is 0. The Morgan fingerprint density at radius 3 is 2.04 bits per heavy atom. The second-order valence-corrected chi connectivity index (χ2v) is 12.4. The number of allylic oxidation sites excluding steroid dienone is 1. The molecule has 13 heteroatoms. The number of alkyl halides is 7. The van der Waals surface area contributed by atoms with Crippen LogP contribution in [0.5, 0.6) is 5.75 Å². The number of amides is 2. The monoisotopic (exact) mass is 650 g/mol. The summed E-state index contributed by atoms with van der Waals surface area (Å²) in [6.45, 7) is 14.5. The number of halogens is 7. The topological polar surface area (TPSA) is 84.5 Å². The molecule has 2 rings (SSSR count). The summed E-state index contributed by atoms with van der Waals surface area (Å²) in [6, 6.07) is 3.91. The van der Waals surface area contributed by atoms with E-state index in [1.807, 2.05) is 26.0 Å². The first-order chi connectivity index (χ1) is 20.6. The molecular formula is C32H41F7N2O4. The number of ether oxygens (including phenoxy) is 1. The van der Waals surface area contributed by atoms with Crippen LogP contribution in [-0.4, -0.2) is 47.8 Å². The predicted molar refractivity (Wildman–Crippen MR) is 155 cm³/mol. The molecule has 1 aliphatic rings. The Morgan fingerprint density at radius 1 is 0.933 bits per heavy atom. The largest absolute Gasteiger partial charge is 0.480 e. The number of nitrogens with one attached hydrogen (secondary N) is 2. The molecule has 0 saturated heterocycles. The number of rotatable bonds is 14. The molecule has 0 saturated carbocycles. The standard InChI is InChI=1S/C32H41F7N2O4/c1-8-11-12-25(45-24-16-13-19(28(4,5)9-2)17-21(24)29(6,7)10-3)26(43)40-20-14-15-22(23(42)18-20)41-27(44)30(33,34)31(35,36)32(37,38)39/h13-18,22,25H,8-12H2,1-7H3,(H,40,43)(H,41,44). The van der Waals surface area contributed by atoms with E-state index in [0.29, 0.717) is 18.6 Å². The zero-order chi connectivity index (χ0) is 34.6. The molecule has 0 aromatic heterocycles. The number of unbranched alkanes of at least 4 members (excludes halogenated alkanes) is 1. The zero-order valence-electron chi connectivity index (χ0n) is 26.4. The van der Waals surface area contributed by atoms with Crippen LogP contribution < -0.4 is 15.4 Å². The van der Waals surface area contributed by atoms with Gasteiger partial charge in [-0.2, -0.15) is 30.7 Å². The number of hydrogen-bond donors (Lipinski definition) is 2. The lowest BCUT2D eigenvalue weighted by molar-refractivity contribution is -0.344. The van der Waals surface area contributed by atoms with Crippen molar-refractivity contribution in [3.8, 4) is 5.75 Å². The van der Waals surface area contributed by atoms with E-state index in [4.69, 9.17) is 4.74 Å². The lowest BCUT2D eigenvalue weighted by Crippen LogP contribution is -2.61. The van der Waals surface area contributed by atoms with Gasteiger partial charge >= 0.3 is 18.0 Å². The van der Waals surface area contributed by atoms with Crippen LogP contribution in [-0.2, 0) is 25.2 Å². The summed E-state index contributed by atoms with van der Waals surface area (Å²) in [6.07, 6.45) is -1.81. The van der Waals surface area contributed by atoms with Crippen LogP contribution in [0.2, 0.25) is 0 Å². The fourth-order valence-electron chi connectivity index (χ4n) is 4.32. The summed E-state index contributed by atoms with van der Waals surface area (Å²) in [5, 5.41) is 3.71. The smallest absolute Gasteiger partial charge is 0.460 e. The first-order valence-corrected chi connectivity index (χ1v) is 14.7. The van der Waals surface area contributed by atoms with Gasteiger partial charge in [-0.05, 0) is 54.2 Å². The molecule has 1 aromatic carbocycles. The van der Waals surface area contributed by atoms with Gasteiger partial charge in [0.05, 0.1) is 0 Å². The third-order valence-electron chi connectivity index (χ3n) is 8.30. The molecule has 0 heterocycles. The molecule has 0 fully saturated rings. The molecule has 252 valence electrons. The van der Waals surface area contributed by atoms with E-state index in [9.17, 15) is 45.1 Å². The van der Waals surface area contributed by atoms with E-state index in [0.717, 1.165) is 48.6 Å². The molecule has 2 atom stereocenters. The molecule has 45 heavy (non-hydrogen) atoms. The number of carbonyl (C=O) groups is 3. The van der Waals surface area contributed by atoms with Crippen LogP contribution in [0.3, 0.4) is 0 Å². The molecule has 1 aliphatic carbocycles. The average molecular weight is 651 g/mol. The molecule has 1 aromatic rings. The Hall–Kier alpha value is -3.38. The zero-order valence-corrected chi connectivity index (χ0v) is 26.4. The lowest BCUT2D eigenvalue weighted by Gasteiger charge is -2.31. The minimum Gasteiger partial charge on any atom is -0.480 e. The van der Waals surface area contributed by atoms with Gasteiger partial charge in [0.25, 0.3) is 11.8 Å². The second kappa shape index (κ2) is 13.9. The van der Waals surface area contributed by atoms with Gasteiger partial charge < -0.3 is 15.4 Å².